The predicted octanol–water partition coefficient (Wildman–Crippen LogP) is 8.86. The number of anilines is 1. The number of phosphoric acid groups is 2. The number of ether oxygens (including phenoxy) is 3. The lowest BCUT2D eigenvalue weighted by atomic mass is 10.1. The van der Waals surface area contributed by atoms with Gasteiger partial charge in [-0.1, -0.05) is 137 Å². The van der Waals surface area contributed by atoms with E-state index in [9.17, 15) is 48.6 Å². The predicted molar refractivity (Wildman–Crippen MR) is 271 cm³/mol. The maximum atomic E-state index is 12.9. The number of carbonyl (C=O) groups excluding carboxylic acids is 2. The molecule has 19 nitrogen and oxygen atoms in total. The molecule has 2 rings (SSSR count). The fraction of sp³-hybridized carbons (Fsp3) is 0.600. The first-order valence-electron chi connectivity index (χ1n) is 24.7. The fourth-order valence-electron chi connectivity index (χ4n) is 6.74. The second-order valence-corrected chi connectivity index (χ2v) is 19.9. The summed E-state index contributed by atoms with van der Waals surface area (Å²) in [5.74, 6) is -1.54. The van der Waals surface area contributed by atoms with E-state index in [0.717, 1.165) is 75.0 Å². The quantitative estimate of drug-likeness (QED) is 0.0118. The Morgan fingerprint density at radius 1 is 0.761 bits per heavy atom. The Kier molecular flexibility index (Phi) is 33.4. The van der Waals surface area contributed by atoms with Crippen molar-refractivity contribution in [1.82, 2.24) is 9.55 Å². The van der Waals surface area contributed by atoms with Gasteiger partial charge in [0, 0.05) is 19.0 Å². The van der Waals surface area contributed by atoms with Gasteiger partial charge in [-0.25, -0.2) is 13.9 Å². The van der Waals surface area contributed by atoms with Crippen molar-refractivity contribution in [3.63, 3.8) is 0 Å². The smallest absolute Gasteiger partial charge is 0.462 e. The number of aromatic nitrogens is 2. The van der Waals surface area contributed by atoms with Crippen molar-refractivity contribution in [2.45, 2.75) is 173 Å². The third kappa shape index (κ3) is 30.5. The Balaban J connectivity index is 1.88. The molecule has 1 aliphatic rings. The van der Waals surface area contributed by atoms with E-state index in [1.165, 1.54) is 31.7 Å². The summed E-state index contributed by atoms with van der Waals surface area (Å²) in [6, 6.07) is 1.23. The normalized spacial score (nSPS) is 20.3. The molecule has 0 aliphatic carbocycles. The Bertz CT molecular complexity index is 2040. The van der Waals surface area contributed by atoms with Crippen LogP contribution in [0.2, 0.25) is 0 Å². The molecule has 0 bridgehead atoms. The van der Waals surface area contributed by atoms with Crippen LogP contribution >= 0.6 is 15.6 Å². The Hall–Kier alpha value is -4.10. The van der Waals surface area contributed by atoms with Crippen LogP contribution in [-0.4, -0.2) is 96.9 Å². The molecule has 1 aliphatic heterocycles. The van der Waals surface area contributed by atoms with Crippen LogP contribution in [0.15, 0.2) is 102 Å². The molecule has 0 amide bonds. The van der Waals surface area contributed by atoms with E-state index in [0.29, 0.717) is 6.42 Å². The zero-order valence-corrected chi connectivity index (χ0v) is 43.1. The molecular weight excluding hydrogens is 961 g/mol. The van der Waals surface area contributed by atoms with Crippen molar-refractivity contribution in [3.8, 4) is 0 Å². The van der Waals surface area contributed by atoms with Gasteiger partial charge in [-0.05, 0) is 76.7 Å². The van der Waals surface area contributed by atoms with E-state index in [4.69, 9.17) is 29.0 Å². The van der Waals surface area contributed by atoms with Gasteiger partial charge in [0.2, 0.25) is 0 Å². The monoisotopic (exact) mass is 1040 g/mol. The molecule has 8 atom stereocenters. The summed E-state index contributed by atoms with van der Waals surface area (Å²) in [5, 5.41) is 31.3. The highest BCUT2D eigenvalue weighted by atomic mass is 31.3. The summed E-state index contributed by atoms with van der Waals surface area (Å²) >= 11 is 0. The molecule has 2 heterocycles. The standard InChI is InChI=1S/C50H79N3O16P2/c1-3-5-7-9-11-13-15-17-18-20-22-24-26-28-30-34-45(55)64-38-42(67-46(56)35-31-33-41(54)32-29-27-25-23-21-19-16-14-12-10-8-6-4-2)39-65-70(60,61)69-71(62,63)66-40-43-47(57)48(58)49(68-43)53-37-36-44(51)52-50(53)59/h6,8,12-15,17-19,21,25,27,29,32,36-37,41-43,47-49,54,57-58H,3-5,7,9-11,16,20,22-24,26,28,30-31,33-35,38-40H2,1-2H3,(H,60,61)(H,62,63)(H2,51,52,59)/b8-6-,14-12-,15-13-,18-17-,21-19-,27-25-,32-29+/t41?,42-,43-,47-,48-,49-/m1/s1. The highest BCUT2D eigenvalue weighted by molar-refractivity contribution is 7.61. The number of aliphatic hydroxyl groups is 3. The second kappa shape index (κ2) is 37.6. The average molecular weight is 1040 g/mol. The zero-order chi connectivity index (χ0) is 52.2. The lowest BCUT2D eigenvalue weighted by molar-refractivity contribution is -0.161. The number of phosphoric ester groups is 2. The van der Waals surface area contributed by atoms with Crippen molar-refractivity contribution >= 4 is 33.4 Å². The van der Waals surface area contributed by atoms with E-state index in [-0.39, 0.29) is 31.5 Å². The molecule has 0 radical (unpaired) electrons. The van der Waals surface area contributed by atoms with E-state index in [2.05, 4.69) is 77.8 Å². The number of hydrogen-bond donors (Lipinski definition) is 6. The Morgan fingerprint density at radius 3 is 2.01 bits per heavy atom. The molecule has 1 aromatic rings. The lowest BCUT2D eigenvalue weighted by Crippen LogP contribution is -2.36. The Morgan fingerprint density at radius 2 is 1.35 bits per heavy atom. The number of carbonyl (C=O) groups is 2. The number of esters is 2. The number of nitrogens with two attached hydrogens (primary N) is 1. The molecule has 71 heavy (non-hydrogen) atoms. The van der Waals surface area contributed by atoms with E-state index < -0.39 is 89.8 Å². The summed E-state index contributed by atoms with van der Waals surface area (Å²) in [6.45, 7) is 1.80. The van der Waals surface area contributed by atoms with Crippen LogP contribution < -0.4 is 11.4 Å². The summed E-state index contributed by atoms with van der Waals surface area (Å²) in [4.78, 5) is 61.9. The van der Waals surface area contributed by atoms with Crippen molar-refractivity contribution in [2.24, 2.45) is 0 Å². The number of rotatable bonds is 39. The van der Waals surface area contributed by atoms with Crippen LogP contribution in [0.25, 0.3) is 0 Å². The van der Waals surface area contributed by atoms with Crippen molar-refractivity contribution in [2.75, 3.05) is 25.6 Å². The number of unbranched alkanes of at least 4 members (excludes halogenated alkanes) is 9. The fourth-order valence-corrected chi connectivity index (χ4v) is 8.85. The third-order valence-corrected chi connectivity index (χ3v) is 13.2. The maximum absolute atomic E-state index is 12.9. The van der Waals surface area contributed by atoms with Crippen molar-refractivity contribution in [1.29, 1.82) is 0 Å². The number of nitrogens with zero attached hydrogens (tertiary/aromatic N) is 2. The molecule has 0 spiro atoms. The molecule has 400 valence electrons. The molecule has 0 saturated carbocycles. The minimum absolute atomic E-state index is 0.0637. The average Bonchev–Trinajstić information content (AvgIpc) is 3.60. The summed E-state index contributed by atoms with van der Waals surface area (Å²) in [7, 11) is -10.9. The van der Waals surface area contributed by atoms with Gasteiger partial charge in [-0.3, -0.25) is 23.2 Å². The Labute approximate surface area is 419 Å². The van der Waals surface area contributed by atoms with Crippen LogP contribution in [0.1, 0.15) is 142 Å². The van der Waals surface area contributed by atoms with Crippen LogP contribution in [0, 0.1) is 0 Å². The van der Waals surface area contributed by atoms with Crippen LogP contribution in [0.4, 0.5) is 5.82 Å². The maximum Gasteiger partial charge on any atom is 0.481 e. The molecule has 0 aromatic carbocycles. The van der Waals surface area contributed by atoms with Crippen molar-refractivity contribution < 1.29 is 71.4 Å². The summed E-state index contributed by atoms with van der Waals surface area (Å²) in [5.41, 5.74) is 4.56. The van der Waals surface area contributed by atoms with Crippen LogP contribution in [-0.2, 0) is 46.3 Å². The van der Waals surface area contributed by atoms with Gasteiger partial charge in [0.15, 0.2) is 12.3 Å². The minimum Gasteiger partial charge on any atom is -0.462 e. The van der Waals surface area contributed by atoms with E-state index in [1.54, 1.807) is 18.2 Å². The number of aliphatic hydroxyl groups excluding tert-OH is 3. The van der Waals surface area contributed by atoms with E-state index in [1.807, 2.05) is 12.2 Å². The molecule has 3 unspecified atom stereocenters. The lowest BCUT2D eigenvalue weighted by Gasteiger charge is -2.21. The number of nitrogen functional groups attached to an aromatic ring is 1. The molecule has 1 saturated heterocycles. The highest BCUT2D eigenvalue weighted by Crippen LogP contribution is 2.60. The number of allylic oxidation sites excluding steroid dienone is 13. The first-order chi connectivity index (χ1) is 34.1. The molecule has 7 N–H and O–H groups in total. The van der Waals surface area contributed by atoms with Gasteiger partial charge in [-0.2, -0.15) is 9.29 Å². The SMILES string of the molecule is CC/C=C\C/C=C\C/C=C\C/C=C\C=C\C(O)CCCC(=O)O[C@H](COC(=O)CCCCCCC/C=C\C=C/CCCCCC)COP(=O)(O)OP(=O)(O)OC[C@H]1O[C@@H](n2ccc(N)nc2=O)[C@H](O)[C@@H]1O. The van der Waals surface area contributed by atoms with Crippen LogP contribution in [0.3, 0.4) is 0 Å². The molecule has 1 aromatic heterocycles. The van der Waals surface area contributed by atoms with Gasteiger partial charge in [0.1, 0.15) is 30.7 Å². The zero-order valence-electron chi connectivity index (χ0n) is 41.4. The topological polar surface area (TPSA) is 286 Å². The molecular formula is C50H79N3O16P2. The van der Waals surface area contributed by atoms with Gasteiger partial charge in [-0.15, -0.1) is 0 Å². The molecule has 1 fully saturated rings. The van der Waals surface area contributed by atoms with Crippen molar-refractivity contribution in [3.05, 3.63) is 108 Å². The van der Waals surface area contributed by atoms with Gasteiger partial charge in [0.25, 0.3) is 0 Å². The summed E-state index contributed by atoms with van der Waals surface area (Å²) in [6.07, 6.45) is 35.5. The second-order valence-electron chi connectivity index (χ2n) is 16.8. The third-order valence-electron chi connectivity index (χ3n) is 10.6. The summed E-state index contributed by atoms with van der Waals surface area (Å²) < 4.78 is 56.5. The molecule has 21 heteroatoms. The first kappa shape index (κ1) is 63.0. The minimum atomic E-state index is -5.48. The van der Waals surface area contributed by atoms with E-state index >= 15 is 0 Å². The van der Waals surface area contributed by atoms with Crippen LogP contribution in [0.5, 0.6) is 0 Å². The van der Waals surface area contributed by atoms with Gasteiger partial charge in [0.05, 0.1) is 19.3 Å². The highest BCUT2D eigenvalue weighted by Gasteiger charge is 2.46. The first-order valence-corrected chi connectivity index (χ1v) is 27.7. The van der Waals surface area contributed by atoms with Gasteiger partial charge < -0.3 is 45.1 Å². The largest absolute Gasteiger partial charge is 0.481 e. The number of hydrogen-bond acceptors (Lipinski definition) is 16. The van der Waals surface area contributed by atoms with Gasteiger partial charge >= 0.3 is 33.3 Å².